The van der Waals surface area contributed by atoms with Gasteiger partial charge >= 0.3 is 5.97 Å². The largest absolute Gasteiger partial charge is 0.476 e. The van der Waals surface area contributed by atoms with E-state index in [0.29, 0.717) is 10.7 Å². The van der Waals surface area contributed by atoms with Crippen LogP contribution in [-0.4, -0.2) is 22.0 Å². The van der Waals surface area contributed by atoms with Gasteiger partial charge in [-0.05, 0) is 12.1 Å². The summed E-state index contributed by atoms with van der Waals surface area (Å²) in [6.45, 7) is 3.62. The quantitative estimate of drug-likeness (QED) is 0.906. The van der Waals surface area contributed by atoms with Gasteiger partial charge in [0.15, 0.2) is 5.69 Å². The van der Waals surface area contributed by atoms with Gasteiger partial charge in [0.1, 0.15) is 5.01 Å². The Balaban J connectivity index is 2.36. The standard InChI is InChI=1S/C14H14N2O3S/c1-8(2)12(17)15-10-6-4-3-5-9(10)13-16-11(7-20-13)14(18)19/h3-8H,1-2H3,(H,15,17)(H,18,19). The second-order valence-corrected chi connectivity index (χ2v) is 5.39. The second-order valence-electron chi connectivity index (χ2n) is 4.53. The molecule has 0 spiro atoms. The zero-order valence-electron chi connectivity index (χ0n) is 11.1. The van der Waals surface area contributed by atoms with Gasteiger partial charge in [0, 0.05) is 16.9 Å². The number of aromatic nitrogens is 1. The molecule has 1 heterocycles. The number of hydrogen-bond acceptors (Lipinski definition) is 4. The highest BCUT2D eigenvalue weighted by atomic mass is 32.1. The van der Waals surface area contributed by atoms with Crippen LogP contribution in [0.25, 0.3) is 10.6 Å². The second kappa shape index (κ2) is 5.83. The van der Waals surface area contributed by atoms with E-state index in [-0.39, 0.29) is 17.5 Å². The number of anilines is 1. The molecule has 0 aliphatic rings. The number of rotatable bonds is 4. The molecule has 0 radical (unpaired) electrons. The fraction of sp³-hybridized carbons (Fsp3) is 0.214. The molecule has 2 aromatic rings. The third kappa shape index (κ3) is 3.03. The van der Waals surface area contributed by atoms with E-state index in [0.717, 1.165) is 5.56 Å². The summed E-state index contributed by atoms with van der Waals surface area (Å²) in [6.07, 6.45) is 0. The first-order valence-corrected chi connectivity index (χ1v) is 6.96. The molecule has 20 heavy (non-hydrogen) atoms. The molecule has 2 N–H and O–H groups in total. The van der Waals surface area contributed by atoms with Gasteiger partial charge in [0.2, 0.25) is 5.91 Å². The van der Waals surface area contributed by atoms with Crippen LogP contribution in [0.15, 0.2) is 29.6 Å². The van der Waals surface area contributed by atoms with Crippen molar-refractivity contribution in [2.24, 2.45) is 5.92 Å². The van der Waals surface area contributed by atoms with Crippen LogP contribution < -0.4 is 5.32 Å². The lowest BCUT2D eigenvalue weighted by atomic mass is 10.1. The van der Waals surface area contributed by atoms with Crippen molar-refractivity contribution in [1.29, 1.82) is 0 Å². The van der Waals surface area contributed by atoms with Crippen LogP contribution in [-0.2, 0) is 4.79 Å². The number of nitrogens with one attached hydrogen (secondary N) is 1. The van der Waals surface area contributed by atoms with Gasteiger partial charge < -0.3 is 10.4 Å². The average molecular weight is 290 g/mol. The van der Waals surface area contributed by atoms with Crippen LogP contribution in [0.3, 0.4) is 0 Å². The smallest absolute Gasteiger partial charge is 0.355 e. The molecule has 104 valence electrons. The Morgan fingerprint density at radius 1 is 1.30 bits per heavy atom. The van der Waals surface area contributed by atoms with E-state index in [9.17, 15) is 9.59 Å². The summed E-state index contributed by atoms with van der Waals surface area (Å²) in [7, 11) is 0. The Labute approximate surface area is 120 Å². The summed E-state index contributed by atoms with van der Waals surface area (Å²) in [6, 6.07) is 7.21. The van der Waals surface area contributed by atoms with E-state index >= 15 is 0 Å². The zero-order chi connectivity index (χ0) is 14.7. The number of para-hydroxylation sites is 1. The van der Waals surface area contributed by atoms with Gasteiger partial charge in [-0.15, -0.1) is 11.3 Å². The number of aromatic carboxylic acids is 1. The molecule has 0 atom stereocenters. The van der Waals surface area contributed by atoms with E-state index in [1.165, 1.54) is 16.7 Å². The fourth-order valence-electron chi connectivity index (χ4n) is 1.55. The van der Waals surface area contributed by atoms with Crippen molar-refractivity contribution in [3.05, 3.63) is 35.3 Å². The zero-order valence-corrected chi connectivity index (χ0v) is 11.9. The predicted molar refractivity (Wildman–Crippen MR) is 78.0 cm³/mol. The summed E-state index contributed by atoms with van der Waals surface area (Å²) in [4.78, 5) is 26.7. The van der Waals surface area contributed by atoms with Crippen LogP contribution >= 0.6 is 11.3 Å². The first kappa shape index (κ1) is 14.2. The molecular weight excluding hydrogens is 276 g/mol. The minimum absolute atomic E-state index is 0.00925. The molecular formula is C14H14N2O3S. The normalized spacial score (nSPS) is 10.6. The Bertz CT molecular complexity index is 649. The number of thiazole rings is 1. The summed E-state index contributed by atoms with van der Waals surface area (Å²) in [5.74, 6) is -1.28. The molecule has 0 unspecified atom stereocenters. The summed E-state index contributed by atoms with van der Waals surface area (Å²) in [5, 5.41) is 13.8. The highest BCUT2D eigenvalue weighted by Crippen LogP contribution is 2.30. The molecule has 0 saturated heterocycles. The highest BCUT2D eigenvalue weighted by molar-refractivity contribution is 7.13. The predicted octanol–water partition coefficient (Wildman–Crippen LogP) is 3.10. The summed E-state index contributed by atoms with van der Waals surface area (Å²) < 4.78 is 0. The Morgan fingerprint density at radius 2 is 2.00 bits per heavy atom. The number of hydrogen-bond donors (Lipinski definition) is 2. The molecule has 0 saturated carbocycles. The minimum Gasteiger partial charge on any atom is -0.476 e. The van der Waals surface area contributed by atoms with Crippen molar-refractivity contribution >= 4 is 28.9 Å². The minimum atomic E-state index is -1.06. The Hall–Kier alpha value is -2.21. The van der Waals surface area contributed by atoms with E-state index in [1.54, 1.807) is 12.1 Å². The van der Waals surface area contributed by atoms with Crippen molar-refractivity contribution in [3.8, 4) is 10.6 Å². The molecule has 2 rings (SSSR count). The van der Waals surface area contributed by atoms with Crippen LogP contribution in [0.2, 0.25) is 0 Å². The van der Waals surface area contributed by atoms with Crippen molar-refractivity contribution in [2.45, 2.75) is 13.8 Å². The lowest BCUT2D eigenvalue weighted by Gasteiger charge is -2.10. The molecule has 1 aromatic carbocycles. The number of carboxylic acids is 1. The summed E-state index contributed by atoms with van der Waals surface area (Å²) >= 11 is 1.24. The van der Waals surface area contributed by atoms with Gasteiger partial charge in [0.05, 0.1) is 5.69 Å². The number of carbonyl (C=O) groups is 2. The summed E-state index contributed by atoms with van der Waals surface area (Å²) in [5.41, 5.74) is 1.37. The van der Waals surface area contributed by atoms with E-state index < -0.39 is 5.97 Å². The van der Waals surface area contributed by atoms with Crippen molar-refractivity contribution < 1.29 is 14.7 Å². The molecule has 5 nitrogen and oxygen atoms in total. The molecule has 0 fully saturated rings. The average Bonchev–Trinajstić information content (AvgIpc) is 2.88. The first-order chi connectivity index (χ1) is 9.49. The number of amides is 1. The fourth-order valence-corrected chi connectivity index (χ4v) is 2.38. The highest BCUT2D eigenvalue weighted by Gasteiger charge is 2.15. The van der Waals surface area contributed by atoms with Gasteiger partial charge in [-0.2, -0.15) is 0 Å². The lowest BCUT2D eigenvalue weighted by Crippen LogP contribution is -2.18. The molecule has 0 bridgehead atoms. The molecule has 1 aromatic heterocycles. The molecule has 6 heteroatoms. The van der Waals surface area contributed by atoms with Crippen LogP contribution in [0.1, 0.15) is 24.3 Å². The SMILES string of the molecule is CC(C)C(=O)Nc1ccccc1-c1nc(C(=O)O)cs1. The van der Waals surface area contributed by atoms with Crippen molar-refractivity contribution in [2.75, 3.05) is 5.32 Å². The van der Waals surface area contributed by atoms with Gasteiger partial charge in [-0.3, -0.25) is 4.79 Å². The lowest BCUT2D eigenvalue weighted by molar-refractivity contribution is -0.118. The van der Waals surface area contributed by atoms with Crippen LogP contribution in [0.5, 0.6) is 0 Å². The number of carbonyl (C=O) groups excluding carboxylic acids is 1. The van der Waals surface area contributed by atoms with E-state index in [1.807, 2.05) is 26.0 Å². The molecule has 0 aliphatic heterocycles. The third-order valence-corrected chi connectivity index (χ3v) is 3.54. The van der Waals surface area contributed by atoms with Gasteiger partial charge in [-0.25, -0.2) is 9.78 Å². The van der Waals surface area contributed by atoms with Gasteiger partial charge in [0.25, 0.3) is 0 Å². The number of nitrogens with zero attached hydrogens (tertiary/aromatic N) is 1. The van der Waals surface area contributed by atoms with Crippen LogP contribution in [0, 0.1) is 5.92 Å². The van der Waals surface area contributed by atoms with Crippen molar-refractivity contribution in [3.63, 3.8) is 0 Å². The topological polar surface area (TPSA) is 79.3 Å². The number of benzene rings is 1. The maximum absolute atomic E-state index is 11.8. The molecule has 1 amide bonds. The third-order valence-electron chi connectivity index (χ3n) is 2.66. The first-order valence-electron chi connectivity index (χ1n) is 6.08. The monoisotopic (exact) mass is 290 g/mol. The van der Waals surface area contributed by atoms with Crippen molar-refractivity contribution in [1.82, 2.24) is 4.98 Å². The maximum Gasteiger partial charge on any atom is 0.355 e. The van der Waals surface area contributed by atoms with E-state index in [4.69, 9.17) is 5.11 Å². The van der Waals surface area contributed by atoms with E-state index in [2.05, 4.69) is 10.3 Å². The Kier molecular flexibility index (Phi) is 4.14. The number of carboxylic acid groups (broad SMARTS) is 1. The Morgan fingerprint density at radius 3 is 2.60 bits per heavy atom. The maximum atomic E-state index is 11.8. The molecule has 0 aliphatic carbocycles. The van der Waals surface area contributed by atoms with Crippen LogP contribution in [0.4, 0.5) is 5.69 Å². The van der Waals surface area contributed by atoms with Gasteiger partial charge in [-0.1, -0.05) is 26.0 Å².